The Labute approximate surface area is 106 Å². The molecule has 5 nitrogen and oxygen atoms in total. The van der Waals surface area contributed by atoms with Crippen LogP contribution in [0.2, 0.25) is 0 Å². The Balaban J connectivity index is 2.10. The number of hydrogen-bond donors (Lipinski definition) is 1. The van der Waals surface area contributed by atoms with Crippen LogP contribution in [0.5, 0.6) is 0 Å². The van der Waals surface area contributed by atoms with Gasteiger partial charge in [0.05, 0.1) is 0 Å². The lowest BCUT2D eigenvalue weighted by atomic mass is 10.0. The van der Waals surface area contributed by atoms with Crippen LogP contribution in [-0.4, -0.2) is 53.9 Å². The van der Waals surface area contributed by atoms with Gasteiger partial charge < -0.3 is 14.8 Å². The molecule has 1 fully saturated rings. The molecular weight excluding hydrogens is 230 g/mol. The molecule has 1 saturated heterocycles. The fourth-order valence-corrected chi connectivity index (χ4v) is 2.32. The number of amides is 1. The monoisotopic (exact) mass is 249 g/mol. The minimum Gasteiger partial charge on any atom is -0.367 e. The van der Waals surface area contributed by atoms with E-state index in [0.717, 1.165) is 25.9 Å². The number of aromatic amines is 1. The Hall–Kier alpha value is -1.62. The molecule has 18 heavy (non-hydrogen) atoms. The van der Waals surface area contributed by atoms with Crippen molar-refractivity contribution in [1.29, 1.82) is 0 Å². The zero-order valence-electron chi connectivity index (χ0n) is 10.8. The summed E-state index contributed by atoms with van der Waals surface area (Å²) in [7, 11) is 3.87. The van der Waals surface area contributed by atoms with Gasteiger partial charge in [0, 0.05) is 31.5 Å². The molecule has 1 aliphatic heterocycles. The lowest BCUT2D eigenvalue weighted by Crippen LogP contribution is -2.45. The van der Waals surface area contributed by atoms with Gasteiger partial charge in [-0.1, -0.05) is 0 Å². The van der Waals surface area contributed by atoms with Gasteiger partial charge in [0.25, 0.3) is 5.91 Å². The van der Waals surface area contributed by atoms with Crippen molar-refractivity contribution in [2.45, 2.75) is 18.9 Å². The van der Waals surface area contributed by atoms with Crippen LogP contribution in [0.25, 0.3) is 0 Å². The summed E-state index contributed by atoms with van der Waals surface area (Å²) in [6, 6.07) is 1.61. The Morgan fingerprint density at radius 3 is 2.72 bits per heavy atom. The molecule has 1 aromatic heterocycles. The van der Waals surface area contributed by atoms with Crippen LogP contribution >= 0.6 is 0 Å². The van der Waals surface area contributed by atoms with Gasteiger partial charge in [-0.15, -0.1) is 0 Å². The van der Waals surface area contributed by atoms with Crippen molar-refractivity contribution in [2.24, 2.45) is 0 Å². The second kappa shape index (κ2) is 5.35. The van der Waals surface area contributed by atoms with Gasteiger partial charge in [0.2, 0.25) is 0 Å². The van der Waals surface area contributed by atoms with E-state index in [9.17, 15) is 9.59 Å². The Morgan fingerprint density at radius 2 is 2.11 bits per heavy atom. The molecule has 0 saturated carbocycles. The summed E-state index contributed by atoms with van der Waals surface area (Å²) in [5.74, 6) is -0.189. The molecule has 1 aliphatic rings. The van der Waals surface area contributed by atoms with Gasteiger partial charge in [-0.25, -0.2) is 0 Å². The summed E-state index contributed by atoms with van der Waals surface area (Å²) in [6.45, 7) is 1.99. The highest BCUT2D eigenvalue weighted by Crippen LogP contribution is 2.15. The minimum atomic E-state index is -0.224. The number of nitrogens with one attached hydrogen (secondary N) is 1. The largest absolute Gasteiger partial charge is 0.367 e. The van der Waals surface area contributed by atoms with Crippen molar-refractivity contribution >= 4 is 5.91 Å². The van der Waals surface area contributed by atoms with Crippen molar-refractivity contribution in [1.82, 2.24) is 14.8 Å². The fraction of sp³-hybridized carbons (Fsp3) is 0.538. The van der Waals surface area contributed by atoms with Crippen molar-refractivity contribution < 1.29 is 4.79 Å². The summed E-state index contributed by atoms with van der Waals surface area (Å²) in [5.41, 5.74) is -0.00236. The summed E-state index contributed by atoms with van der Waals surface area (Å²) in [4.78, 5) is 30.6. The maximum absolute atomic E-state index is 12.2. The summed E-state index contributed by atoms with van der Waals surface area (Å²) in [5, 5.41) is 0. The van der Waals surface area contributed by atoms with Crippen molar-refractivity contribution in [3.05, 3.63) is 34.2 Å². The lowest BCUT2D eigenvalue weighted by Gasteiger charge is -2.35. The van der Waals surface area contributed by atoms with Gasteiger partial charge in [-0.05, 0) is 33.0 Å². The molecule has 0 aliphatic carbocycles. The predicted molar refractivity (Wildman–Crippen MR) is 69.7 cm³/mol. The normalized spacial score (nSPS) is 17.7. The number of likely N-dealkylation sites (tertiary alicyclic amines) is 1. The van der Waals surface area contributed by atoms with E-state index in [1.807, 2.05) is 0 Å². The van der Waals surface area contributed by atoms with Crippen LogP contribution < -0.4 is 5.43 Å². The highest BCUT2D eigenvalue weighted by atomic mass is 16.2. The van der Waals surface area contributed by atoms with Crippen LogP contribution in [0.3, 0.4) is 0 Å². The molecule has 1 amide bonds. The van der Waals surface area contributed by atoms with Crippen molar-refractivity contribution in [3.63, 3.8) is 0 Å². The van der Waals surface area contributed by atoms with E-state index in [2.05, 4.69) is 16.9 Å². The molecule has 0 radical (unpaired) electrons. The molecule has 0 spiro atoms. The third kappa shape index (κ3) is 2.61. The topological polar surface area (TPSA) is 56.4 Å². The molecule has 2 heterocycles. The van der Waals surface area contributed by atoms with E-state index in [4.69, 9.17) is 0 Å². The molecule has 0 aromatic carbocycles. The first-order valence-corrected chi connectivity index (χ1v) is 6.22. The first-order valence-electron chi connectivity index (χ1n) is 6.22. The zero-order chi connectivity index (χ0) is 13.1. The molecule has 0 atom stereocenters. The minimum absolute atomic E-state index is 0.189. The van der Waals surface area contributed by atoms with E-state index >= 15 is 0 Å². The van der Waals surface area contributed by atoms with E-state index in [-0.39, 0.29) is 22.9 Å². The SMILES string of the molecule is CN1CCC(N(C)C(=O)c2c[nH]ccc2=O)CC1. The smallest absolute Gasteiger partial charge is 0.259 e. The van der Waals surface area contributed by atoms with E-state index in [1.165, 1.54) is 18.5 Å². The van der Waals surface area contributed by atoms with Gasteiger partial charge in [-0.3, -0.25) is 9.59 Å². The molecule has 0 bridgehead atoms. The quantitative estimate of drug-likeness (QED) is 0.832. The molecule has 1 N–H and O–H groups in total. The van der Waals surface area contributed by atoms with E-state index < -0.39 is 0 Å². The second-order valence-corrected chi connectivity index (χ2v) is 4.87. The Bertz CT molecular complexity index is 475. The molecule has 0 unspecified atom stereocenters. The average Bonchev–Trinajstić information content (AvgIpc) is 2.38. The third-order valence-corrected chi connectivity index (χ3v) is 3.61. The zero-order valence-corrected chi connectivity index (χ0v) is 10.8. The van der Waals surface area contributed by atoms with Gasteiger partial charge in [0.1, 0.15) is 5.56 Å². The average molecular weight is 249 g/mol. The van der Waals surface area contributed by atoms with Crippen molar-refractivity contribution in [3.8, 4) is 0 Å². The number of hydrogen-bond acceptors (Lipinski definition) is 3. The van der Waals surface area contributed by atoms with Gasteiger partial charge in [0.15, 0.2) is 5.43 Å². The maximum Gasteiger partial charge on any atom is 0.259 e. The van der Waals surface area contributed by atoms with Crippen LogP contribution in [0.4, 0.5) is 0 Å². The highest BCUT2D eigenvalue weighted by Gasteiger charge is 2.25. The highest BCUT2D eigenvalue weighted by molar-refractivity contribution is 5.93. The number of nitrogens with zero attached hydrogens (tertiary/aromatic N) is 2. The molecule has 1 aromatic rings. The lowest BCUT2D eigenvalue weighted by molar-refractivity contribution is 0.0658. The van der Waals surface area contributed by atoms with E-state index in [1.54, 1.807) is 11.9 Å². The van der Waals surface area contributed by atoms with Gasteiger partial charge >= 0.3 is 0 Å². The third-order valence-electron chi connectivity index (χ3n) is 3.61. The van der Waals surface area contributed by atoms with Crippen LogP contribution in [0, 0.1) is 0 Å². The molecule has 2 rings (SSSR count). The Morgan fingerprint density at radius 1 is 1.44 bits per heavy atom. The predicted octanol–water partition coefficient (Wildman–Crippen LogP) is 0.541. The van der Waals surface area contributed by atoms with Gasteiger partial charge in [-0.2, -0.15) is 0 Å². The number of piperidine rings is 1. The fourth-order valence-electron chi connectivity index (χ4n) is 2.32. The Kier molecular flexibility index (Phi) is 3.81. The number of pyridine rings is 1. The molecular formula is C13H19N3O2. The summed E-state index contributed by atoms with van der Waals surface area (Å²) < 4.78 is 0. The van der Waals surface area contributed by atoms with Crippen molar-refractivity contribution in [2.75, 3.05) is 27.2 Å². The number of rotatable bonds is 2. The van der Waals surface area contributed by atoms with Crippen LogP contribution in [0.15, 0.2) is 23.3 Å². The second-order valence-electron chi connectivity index (χ2n) is 4.87. The number of aromatic nitrogens is 1. The summed E-state index contributed by atoms with van der Waals surface area (Å²) >= 11 is 0. The van der Waals surface area contributed by atoms with Crippen LogP contribution in [-0.2, 0) is 0 Å². The number of H-pyrrole nitrogens is 1. The first-order chi connectivity index (χ1) is 8.59. The molecule has 5 heteroatoms. The summed E-state index contributed by atoms with van der Waals surface area (Å²) in [6.07, 6.45) is 4.94. The first kappa shape index (κ1) is 12.8. The number of carbonyl (C=O) groups is 1. The standard InChI is InChI=1S/C13H19N3O2/c1-15-7-4-10(5-8-15)16(2)13(18)11-9-14-6-3-12(11)17/h3,6,9-10H,4-5,7-8H2,1-2H3,(H,14,17). The maximum atomic E-state index is 12.2. The van der Waals surface area contributed by atoms with E-state index in [0.29, 0.717) is 0 Å². The van der Waals surface area contributed by atoms with Crippen LogP contribution in [0.1, 0.15) is 23.2 Å². The molecule has 98 valence electrons. The number of carbonyl (C=O) groups excluding carboxylic acids is 1.